The van der Waals surface area contributed by atoms with Crippen molar-refractivity contribution in [2.24, 2.45) is 11.8 Å². The minimum atomic E-state index is -0.0803. The standard InChI is InChI=1S/C17H21NO2/c1-12-6-5-9-14(10-12)18-16(19)11-15(17(18)20)13-7-3-2-4-8-13/h5-6,9-10,13,15H,2-4,7-8,11H2,1H3. The average molecular weight is 271 g/mol. The van der Waals surface area contributed by atoms with E-state index in [-0.39, 0.29) is 17.7 Å². The maximum absolute atomic E-state index is 12.6. The van der Waals surface area contributed by atoms with Crippen molar-refractivity contribution in [1.82, 2.24) is 0 Å². The molecular weight excluding hydrogens is 250 g/mol. The summed E-state index contributed by atoms with van der Waals surface area (Å²) >= 11 is 0. The van der Waals surface area contributed by atoms with Crippen molar-refractivity contribution in [3.8, 4) is 0 Å². The molecule has 1 heterocycles. The highest BCUT2D eigenvalue weighted by atomic mass is 16.2. The first-order chi connectivity index (χ1) is 9.66. The molecule has 2 amide bonds. The number of nitrogens with zero attached hydrogens (tertiary/aromatic N) is 1. The second-order valence-electron chi connectivity index (χ2n) is 6.12. The van der Waals surface area contributed by atoms with Crippen LogP contribution in [0, 0.1) is 18.8 Å². The van der Waals surface area contributed by atoms with Crippen molar-refractivity contribution >= 4 is 17.5 Å². The summed E-state index contributed by atoms with van der Waals surface area (Å²) in [6.07, 6.45) is 6.28. The summed E-state index contributed by atoms with van der Waals surface area (Å²) in [6, 6.07) is 7.65. The number of benzene rings is 1. The molecule has 0 spiro atoms. The molecule has 1 unspecified atom stereocenters. The van der Waals surface area contributed by atoms with E-state index in [1.54, 1.807) is 0 Å². The maximum atomic E-state index is 12.6. The number of amides is 2. The van der Waals surface area contributed by atoms with Gasteiger partial charge >= 0.3 is 0 Å². The molecule has 0 N–H and O–H groups in total. The summed E-state index contributed by atoms with van der Waals surface area (Å²) < 4.78 is 0. The molecule has 1 aromatic rings. The third kappa shape index (κ3) is 2.37. The smallest absolute Gasteiger partial charge is 0.237 e. The van der Waals surface area contributed by atoms with Crippen molar-refractivity contribution in [3.05, 3.63) is 29.8 Å². The van der Waals surface area contributed by atoms with Gasteiger partial charge in [-0.3, -0.25) is 14.5 Å². The van der Waals surface area contributed by atoms with E-state index in [2.05, 4.69) is 0 Å². The average Bonchev–Trinajstić information content (AvgIpc) is 2.75. The molecule has 3 rings (SSSR count). The number of rotatable bonds is 2. The molecule has 0 radical (unpaired) electrons. The van der Waals surface area contributed by atoms with Crippen LogP contribution in [0.25, 0.3) is 0 Å². The normalized spacial score (nSPS) is 24.4. The summed E-state index contributed by atoms with van der Waals surface area (Å²) in [7, 11) is 0. The van der Waals surface area contributed by atoms with Gasteiger partial charge in [-0.25, -0.2) is 0 Å². The first-order valence-corrected chi connectivity index (χ1v) is 7.60. The predicted octanol–water partition coefficient (Wildman–Crippen LogP) is 3.45. The van der Waals surface area contributed by atoms with Gasteiger partial charge in [-0.15, -0.1) is 0 Å². The Kier molecular flexibility index (Phi) is 3.60. The molecule has 106 valence electrons. The number of carbonyl (C=O) groups is 2. The maximum Gasteiger partial charge on any atom is 0.237 e. The lowest BCUT2D eigenvalue weighted by Crippen LogP contribution is -2.32. The topological polar surface area (TPSA) is 37.4 Å². The Balaban J connectivity index is 1.83. The molecule has 1 atom stereocenters. The van der Waals surface area contributed by atoms with Gasteiger partial charge in [-0.2, -0.15) is 0 Å². The van der Waals surface area contributed by atoms with Gasteiger partial charge in [0.1, 0.15) is 0 Å². The van der Waals surface area contributed by atoms with Crippen molar-refractivity contribution in [3.63, 3.8) is 0 Å². The minimum absolute atomic E-state index is 0.0208. The summed E-state index contributed by atoms with van der Waals surface area (Å²) in [5.74, 6) is 0.321. The van der Waals surface area contributed by atoms with Gasteiger partial charge in [-0.1, -0.05) is 31.4 Å². The lowest BCUT2D eigenvalue weighted by Gasteiger charge is -2.25. The summed E-state index contributed by atoms with van der Waals surface area (Å²) in [5.41, 5.74) is 1.81. The lowest BCUT2D eigenvalue weighted by atomic mass is 9.79. The fourth-order valence-electron chi connectivity index (χ4n) is 3.60. The highest BCUT2D eigenvalue weighted by molar-refractivity contribution is 6.21. The van der Waals surface area contributed by atoms with Crippen LogP contribution < -0.4 is 4.90 Å². The van der Waals surface area contributed by atoms with Crippen molar-refractivity contribution < 1.29 is 9.59 Å². The minimum Gasteiger partial charge on any atom is -0.274 e. The van der Waals surface area contributed by atoms with Crippen molar-refractivity contribution in [1.29, 1.82) is 0 Å². The van der Waals surface area contributed by atoms with E-state index in [9.17, 15) is 9.59 Å². The number of carbonyl (C=O) groups excluding carboxylic acids is 2. The van der Waals surface area contributed by atoms with Gasteiger partial charge in [0.25, 0.3) is 0 Å². The first-order valence-electron chi connectivity index (χ1n) is 7.60. The van der Waals surface area contributed by atoms with Crippen molar-refractivity contribution in [2.75, 3.05) is 4.90 Å². The zero-order chi connectivity index (χ0) is 14.1. The highest BCUT2D eigenvalue weighted by Gasteiger charge is 2.43. The third-order valence-corrected chi connectivity index (χ3v) is 4.66. The molecule has 3 heteroatoms. The van der Waals surface area contributed by atoms with E-state index in [4.69, 9.17) is 0 Å². The Morgan fingerprint density at radius 2 is 1.85 bits per heavy atom. The molecule has 1 saturated heterocycles. The molecule has 1 aliphatic heterocycles. The Hall–Kier alpha value is -1.64. The van der Waals surface area contributed by atoms with Crippen molar-refractivity contribution in [2.45, 2.75) is 45.4 Å². The molecule has 1 aliphatic carbocycles. The second kappa shape index (κ2) is 5.39. The van der Waals surface area contributed by atoms with Crippen LogP contribution in [0.1, 0.15) is 44.1 Å². The number of anilines is 1. The molecule has 1 aromatic carbocycles. The first kappa shape index (κ1) is 13.3. The van der Waals surface area contributed by atoms with Gasteiger partial charge < -0.3 is 0 Å². The van der Waals surface area contributed by atoms with E-state index in [1.807, 2.05) is 31.2 Å². The predicted molar refractivity (Wildman–Crippen MR) is 78.4 cm³/mol. The Bertz CT molecular complexity index is 532. The van der Waals surface area contributed by atoms with E-state index < -0.39 is 0 Å². The molecular formula is C17H21NO2. The summed E-state index contributed by atoms with van der Waals surface area (Å²) in [5, 5.41) is 0. The molecule has 2 fully saturated rings. The molecule has 1 saturated carbocycles. The zero-order valence-electron chi connectivity index (χ0n) is 12.0. The SMILES string of the molecule is Cc1cccc(N2C(=O)CC(C3CCCCC3)C2=O)c1. The van der Waals surface area contributed by atoms with Crippen LogP contribution in [0.5, 0.6) is 0 Å². The van der Waals surface area contributed by atoms with Crippen LogP contribution in [0.15, 0.2) is 24.3 Å². The molecule has 2 aliphatic rings. The Labute approximate surface area is 120 Å². The van der Waals surface area contributed by atoms with E-state index in [0.717, 1.165) is 24.1 Å². The fraction of sp³-hybridized carbons (Fsp3) is 0.529. The highest BCUT2D eigenvalue weighted by Crippen LogP contribution is 2.38. The Morgan fingerprint density at radius 3 is 2.55 bits per heavy atom. The van der Waals surface area contributed by atoms with Crippen LogP contribution in [0.4, 0.5) is 5.69 Å². The number of aryl methyl sites for hydroxylation is 1. The summed E-state index contributed by atoms with van der Waals surface area (Å²) in [4.78, 5) is 26.3. The third-order valence-electron chi connectivity index (χ3n) is 4.66. The quantitative estimate of drug-likeness (QED) is 0.772. The largest absolute Gasteiger partial charge is 0.274 e. The Morgan fingerprint density at radius 1 is 1.10 bits per heavy atom. The van der Waals surface area contributed by atoms with Crippen LogP contribution in [-0.2, 0) is 9.59 Å². The van der Waals surface area contributed by atoms with E-state index in [0.29, 0.717) is 12.3 Å². The van der Waals surface area contributed by atoms with Crippen LogP contribution in [-0.4, -0.2) is 11.8 Å². The molecule has 0 aromatic heterocycles. The van der Waals surface area contributed by atoms with Gasteiger partial charge in [0.05, 0.1) is 11.6 Å². The second-order valence-corrected chi connectivity index (χ2v) is 6.12. The van der Waals surface area contributed by atoms with Crippen LogP contribution in [0.3, 0.4) is 0 Å². The fourth-order valence-corrected chi connectivity index (χ4v) is 3.60. The zero-order valence-corrected chi connectivity index (χ0v) is 12.0. The molecule has 20 heavy (non-hydrogen) atoms. The van der Waals surface area contributed by atoms with Crippen LogP contribution in [0.2, 0.25) is 0 Å². The molecule has 3 nitrogen and oxygen atoms in total. The molecule has 0 bridgehead atoms. The number of hydrogen-bond donors (Lipinski definition) is 0. The van der Waals surface area contributed by atoms with Gasteiger partial charge in [0.2, 0.25) is 11.8 Å². The number of hydrogen-bond acceptors (Lipinski definition) is 2. The number of imide groups is 1. The van der Waals surface area contributed by atoms with Gasteiger partial charge in [0, 0.05) is 6.42 Å². The summed E-state index contributed by atoms with van der Waals surface area (Å²) in [6.45, 7) is 1.98. The van der Waals surface area contributed by atoms with Crippen LogP contribution >= 0.6 is 0 Å². The van der Waals surface area contributed by atoms with E-state index >= 15 is 0 Å². The van der Waals surface area contributed by atoms with E-state index in [1.165, 1.54) is 24.2 Å². The lowest BCUT2D eigenvalue weighted by molar-refractivity contribution is -0.123. The van der Waals surface area contributed by atoms with Gasteiger partial charge in [-0.05, 0) is 43.4 Å². The van der Waals surface area contributed by atoms with Gasteiger partial charge in [0.15, 0.2) is 0 Å². The monoisotopic (exact) mass is 271 g/mol.